The highest BCUT2D eigenvalue weighted by atomic mass is 19.1. The number of carbonyl (C=O) groups is 1. The first kappa shape index (κ1) is 22.0. The predicted octanol–water partition coefficient (Wildman–Crippen LogP) is 5.11. The third kappa shape index (κ3) is 4.27. The summed E-state index contributed by atoms with van der Waals surface area (Å²) in [7, 11) is 1.56. The molecule has 0 N–H and O–H groups in total. The highest BCUT2D eigenvalue weighted by Gasteiger charge is 2.31. The van der Waals surface area contributed by atoms with Gasteiger partial charge in [-0.25, -0.2) is 9.37 Å². The molecule has 0 saturated heterocycles. The van der Waals surface area contributed by atoms with E-state index in [9.17, 15) is 14.4 Å². The normalized spacial score (nSPS) is 12.3. The topological polar surface area (TPSA) is 88.3 Å². The molecule has 1 aliphatic heterocycles. The molecule has 0 bridgehead atoms. The van der Waals surface area contributed by atoms with Crippen molar-refractivity contribution in [3.05, 3.63) is 101 Å². The lowest BCUT2D eigenvalue weighted by molar-refractivity contribution is 0.0763. The van der Waals surface area contributed by atoms with E-state index >= 15 is 0 Å². The van der Waals surface area contributed by atoms with Crippen LogP contribution in [0.1, 0.15) is 27.2 Å². The Morgan fingerprint density at radius 3 is 2.71 bits per heavy atom. The molecule has 1 aliphatic rings. The Morgan fingerprint density at radius 1 is 1.09 bits per heavy atom. The smallest absolute Gasteiger partial charge is 0.258 e. The molecule has 0 atom stereocenters. The van der Waals surface area contributed by atoms with Crippen molar-refractivity contribution in [3.8, 4) is 34.6 Å². The molecular weight excluding hydrogens is 447 g/mol. The molecule has 0 aliphatic carbocycles. The number of hydrogen-bond donors (Lipinski definition) is 0. The number of amides is 1. The van der Waals surface area contributed by atoms with E-state index in [4.69, 9.17) is 9.47 Å². The number of para-hydroxylation sites is 1. The largest absolute Gasteiger partial charge is 0.481 e. The average molecular weight is 466 g/mol. The summed E-state index contributed by atoms with van der Waals surface area (Å²) >= 11 is 0. The lowest BCUT2D eigenvalue weighted by atomic mass is 10.1. The van der Waals surface area contributed by atoms with E-state index in [1.165, 1.54) is 18.2 Å². The zero-order valence-corrected chi connectivity index (χ0v) is 18.7. The van der Waals surface area contributed by atoms with Crippen LogP contribution >= 0.6 is 0 Å². The van der Waals surface area contributed by atoms with Crippen LogP contribution in [0, 0.1) is 17.1 Å². The van der Waals surface area contributed by atoms with E-state index in [0.29, 0.717) is 24.5 Å². The van der Waals surface area contributed by atoms with Gasteiger partial charge in [-0.05, 0) is 41.5 Å². The van der Waals surface area contributed by atoms with Crippen molar-refractivity contribution < 1.29 is 18.7 Å². The summed E-state index contributed by atoms with van der Waals surface area (Å²) in [6, 6.07) is 18.7. The van der Waals surface area contributed by atoms with Crippen LogP contribution in [0.2, 0.25) is 0 Å². The van der Waals surface area contributed by atoms with Gasteiger partial charge in [0.1, 0.15) is 11.8 Å². The van der Waals surface area contributed by atoms with Gasteiger partial charge in [-0.15, -0.1) is 0 Å². The molecule has 5 rings (SSSR count). The third-order valence-electron chi connectivity index (χ3n) is 5.73. The number of methoxy groups -OCH3 is 1. The fourth-order valence-corrected chi connectivity index (χ4v) is 3.99. The van der Waals surface area contributed by atoms with Gasteiger partial charge in [0, 0.05) is 30.6 Å². The highest BCUT2D eigenvalue weighted by Crippen LogP contribution is 2.36. The molecule has 35 heavy (non-hydrogen) atoms. The summed E-state index contributed by atoms with van der Waals surface area (Å²) in [6.07, 6.45) is 3.41. The van der Waals surface area contributed by atoms with Crippen molar-refractivity contribution in [3.63, 3.8) is 0 Å². The van der Waals surface area contributed by atoms with E-state index < -0.39 is 5.82 Å². The Bertz CT molecular complexity index is 1460. The van der Waals surface area contributed by atoms with Crippen LogP contribution in [-0.4, -0.2) is 27.9 Å². The van der Waals surface area contributed by atoms with Gasteiger partial charge in [-0.3, -0.25) is 9.78 Å². The second-order valence-electron chi connectivity index (χ2n) is 7.91. The Morgan fingerprint density at radius 2 is 1.94 bits per heavy atom. The lowest BCUT2D eigenvalue weighted by Gasteiger charge is -2.16. The molecule has 1 amide bonds. The average Bonchev–Trinajstić information content (AvgIpc) is 3.21. The van der Waals surface area contributed by atoms with Gasteiger partial charge in [0.2, 0.25) is 5.88 Å². The van der Waals surface area contributed by atoms with E-state index in [-0.39, 0.29) is 23.0 Å². The zero-order valence-electron chi connectivity index (χ0n) is 18.7. The van der Waals surface area contributed by atoms with Gasteiger partial charge >= 0.3 is 0 Å². The van der Waals surface area contributed by atoms with Crippen LogP contribution in [0.25, 0.3) is 11.1 Å². The van der Waals surface area contributed by atoms with E-state index in [1.807, 2.05) is 36.4 Å². The highest BCUT2D eigenvalue weighted by molar-refractivity contribution is 6.01. The molecule has 0 spiro atoms. The number of benzene rings is 2. The summed E-state index contributed by atoms with van der Waals surface area (Å²) in [5, 5.41) is 9.30. The predicted molar refractivity (Wildman–Crippen MR) is 125 cm³/mol. The molecule has 8 heteroatoms. The van der Waals surface area contributed by atoms with E-state index in [2.05, 4.69) is 9.97 Å². The van der Waals surface area contributed by atoms with Crippen LogP contribution in [0.4, 0.5) is 4.39 Å². The first-order valence-corrected chi connectivity index (χ1v) is 10.8. The first-order chi connectivity index (χ1) is 17.1. The molecule has 0 fully saturated rings. The fourth-order valence-electron chi connectivity index (χ4n) is 3.99. The van der Waals surface area contributed by atoms with Crippen LogP contribution in [0.15, 0.2) is 73.1 Å². The molecule has 2 aromatic carbocycles. The summed E-state index contributed by atoms with van der Waals surface area (Å²) < 4.78 is 25.3. The number of ether oxygens (including phenoxy) is 2. The monoisotopic (exact) mass is 466 g/mol. The lowest BCUT2D eigenvalue weighted by Crippen LogP contribution is -2.24. The molecule has 4 aromatic rings. The van der Waals surface area contributed by atoms with Gasteiger partial charge in [0.05, 0.1) is 30.5 Å². The van der Waals surface area contributed by atoms with Gasteiger partial charge in [-0.2, -0.15) is 5.26 Å². The summed E-state index contributed by atoms with van der Waals surface area (Å²) in [5.41, 5.74) is 3.73. The number of fused-ring (bicyclic) bond motifs is 1. The standard InChI is InChI=1S/C27H19FN4O3/c1-34-24-12-17(10-11-30-24)19-8-9-21(31-14-19)16-32-15-20-5-3-7-23(25(20)27(32)33)35-26-18(13-29)4-2-6-22(26)28/h2-12,14H,15-16H2,1H3. The number of rotatable bonds is 6. The molecule has 0 saturated carbocycles. The van der Waals surface area contributed by atoms with Crippen LogP contribution in [-0.2, 0) is 13.1 Å². The maximum absolute atomic E-state index is 14.3. The van der Waals surface area contributed by atoms with Crippen molar-refractivity contribution in [1.29, 1.82) is 5.26 Å². The Balaban J connectivity index is 1.36. The Labute approximate surface area is 201 Å². The van der Waals surface area contributed by atoms with Crippen LogP contribution < -0.4 is 9.47 Å². The van der Waals surface area contributed by atoms with Gasteiger partial charge in [0.15, 0.2) is 11.6 Å². The second-order valence-corrected chi connectivity index (χ2v) is 7.91. The zero-order chi connectivity index (χ0) is 24.4. The Hall–Kier alpha value is -4.77. The third-order valence-corrected chi connectivity index (χ3v) is 5.73. The summed E-state index contributed by atoms with van der Waals surface area (Å²) in [5.74, 6) is -0.372. The van der Waals surface area contributed by atoms with Crippen LogP contribution in [0.3, 0.4) is 0 Å². The number of pyridine rings is 2. The van der Waals surface area contributed by atoms with Gasteiger partial charge in [-0.1, -0.05) is 24.3 Å². The number of aromatic nitrogens is 2. The molecule has 3 heterocycles. The van der Waals surface area contributed by atoms with Gasteiger partial charge < -0.3 is 14.4 Å². The SMILES string of the molecule is COc1cc(-c2ccc(CN3Cc4cccc(Oc5c(F)cccc5C#N)c4C3=O)nc2)ccn1. The summed E-state index contributed by atoms with van der Waals surface area (Å²) in [6.45, 7) is 0.675. The van der Waals surface area contributed by atoms with Crippen molar-refractivity contribution in [1.82, 2.24) is 14.9 Å². The first-order valence-electron chi connectivity index (χ1n) is 10.8. The maximum Gasteiger partial charge on any atom is 0.258 e. The fraction of sp³-hybridized carbons (Fsp3) is 0.111. The van der Waals surface area contributed by atoms with Crippen molar-refractivity contribution in [2.24, 2.45) is 0 Å². The minimum absolute atomic E-state index is 0.0565. The number of nitrogens with zero attached hydrogens (tertiary/aromatic N) is 4. The van der Waals surface area contributed by atoms with E-state index in [1.54, 1.807) is 36.5 Å². The number of nitriles is 1. The number of hydrogen-bond acceptors (Lipinski definition) is 6. The number of halogens is 1. The summed E-state index contributed by atoms with van der Waals surface area (Å²) in [4.78, 5) is 23.5. The van der Waals surface area contributed by atoms with Crippen molar-refractivity contribution >= 4 is 5.91 Å². The quantitative estimate of drug-likeness (QED) is 0.392. The molecule has 7 nitrogen and oxygen atoms in total. The minimum atomic E-state index is -0.667. The Kier molecular flexibility index (Phi) is 5.81. The van der Waals surface area contributed by atoms with Crippen molar-refractivity contribution in [2.75, 3.05) is 7.11 Å². The van der Waals surface area contributed by atoms with Crippen LogP contribution in [0.5, 0.6) is 17.4 Å². The number of carbonyl (C=O) groups excluding carboxylic acids is 1. The molecule has 0 unspecified atom stereocenters. The second kappa shape index (κ2) is 9.23. The minimum Gasteiger partial charge on any atom is -0.481 e. The molecule has 2 aromatic heterocycles. The van der Waals surface area contributed by atoms with Crippen molar-refractivity contribution in [2.45, 2.75) is 13.1 Å². The molecular formula is C27H19FN4O3. The molecule has 0 radical (unpaired) electrons. The molecule has 172 valence electrons. The maximum atomic E-state index is 14.3. The van der Waals surface area contributed by atoms with Gasteiger partial charge in [0.25, 0.3) is 5.91 Å². The van der Waals surface area contributed by atoms with E-state index in [0.717, 1.165) is 22.4 Å².